The predicted molar refractivity (Wildman–Crippen MR) is 204 cm³/mol. The fourth-order valence-electron chi connectivity index (χ4n) is 10.5. The van der Waals surface area contributed by atoms with Gasteiger partial charge in [0.25, 0.3) is 0 Å². The van der Waals surface area contributed by atoms with Crippen LogP contribution in [0.5, 0.6) is 11.9 Å². The maximum absolute atomic E-state index is 17.5. The second-order valence-electron chi connectivity index (χ2n) is 17.5. The molecule has 5 atom stereocenters. The van der Waals surface area contributed by atoms with Crippen LogP contribution in [-0.4, -0.2) is 91.4 Å². The Morgan fingerprint density at radius 2 is 1.89 bits per heavy atom. The van der Waals surface area contributed by atoms with E-state index in [1.54, 1.807) is 24.3 Å². The second-order valence-corrected chi connectivity index (χ2v) is 17.5. The van der Waals surface area contributed by atoms with Crippen molar-refractivity contribution >= 4 is 33.6 Å². The van der Waals surface area contributed by atoms with E-state index in [1.165, 1.54) is 24.5 Å². The van der Waals surface area contributed by atoms with Crippen molar-refractivity contribution in [2.24, 2.45) is 0 Å². The van der Waals surface area contributed by atoms with Crippen LogP contribution in [0.2, 0.25) is 0 Å². The molecule has 5 fully saturated rings. The van der Waals surface area contributed by atoms with Crippen LogP contribution in [0.1, 0.15) is 78.2 Å². The summed E-state index contributed by atoms with van der Waals surface area (Å²) in [5.74, 6) is 1.76. The van der Waals surface area contributed by atoms with E-state index in [-0.39, 0.29) is 64.0 Å². The van der Waals surface area contributed by atoms with Gasteiger partial charge in [-0.15, -0.1) is 6.42 Å². The van der Waals surface area contributed by atoms with Crippen molar-refractivity contribution in [2.75, 3.05) is 24.6 Å². The molecule has 10 rings (SSSR count). The molecule has 1 unspecified atom stereocenters. The van der Waals surface area contributed by atoms with Crippen LogP contribution in [0.4, 0.5) is 19.4 Å². The average molecular weight is 747 g/mol. The summed E-state index contributed by atoms with van der Waals surface area (Å²) in [5.41, 5.74) is 0.782. The Labute approximate surface area is 318 Å². The number of piperazine rings is 1. The molecule has 4 saturated heterocycles. The van der Waals surface area contributed by atoms with E-state index in [2.05, 4.69) is 22.3 Å². The van der Waals surface area contributed by atoms with Crippen molar-refractivity contribution in [3.05, 3.63) is 59.7 Å². The van der Waals surface area contributed by atoms with Gasteiger partial charge in [-0.05, 0) is 84.1 Å². The van der Waals surface area contributed by atoms with Crippen LogP contribution in [0.25, 0.3) is 32.9 Å². The molecule has 0 N–H and O–H groups in total. The van der Waals surface area contributed by atoms with Crippen LogP contribution < -0.4 is 14.4 Å². The topological polar surface area (TPSA) is 93.2 Å². The van der Waals surface area contributed by atoms with Crippen molar-refractivity contribution in [2.45, 2.75) is 114 Å². The number of amides is 1. The SMILES string of the molecule is C#Cc1c(F)ccc2cccc(-c3nc4c5c(nc(OCC67CCC8(CC8)N6CC(=C)C7)nc5c3F)N3C[C@H]5CC[C@@H]([C@H]3[C@H](C)O4)N5C(=O)OC(C)(C)C)c12. The quantitative estimate of drug-likeness (QED) is 0.155. The standard InChI is InChI=1S/C43H44F2N6O4/c1-7-27-29(44)13-11-25-9-8-10-28(31(25)27)34-33(45)35-32-37(48-39(47-35)53-22-43-18-17-42(15-16-42)50(43)20-23(2)19-43)49-21-26-12-14-30(36(49)24(3)54-38(32)46-34)51(26)40(52)55-41(4,5)6/h1,8-11,13,24,26,30,36H,2,12,14-22H2,3-6H3/t24-,26+,30-,36+,43?/m0/s1. The van der Waals surface area contributed by atoms with Crippen molar-refractivity contribution < 1.29 is 27.8 Å². The van der Waals surface area contributed by atoms with Crippen molar-refractivity contribution in [1.82, 2.24) is 24.8 Å². The first-order valence-corrected chi connectivity index (χ1v) is 19.4. The minimum atomic E-state index is -0.719. The summed E-state index contributed by atoms with van der Waals surface area (Å²) in [6.07, 6.45) is 11.8. The van der Waals surface area contributed by atoms with Crippen LogP contribution in [0, 0.1) is 24.0 Å². The number of nitrogens with zero attached hydrogens (tertiary/aromatic N) is 6. The zero-order chi connectivity index (χ0) is 38.2. The van der Waals surface area contributed by atoms with Gasteiger partial charge in [0.1, 0.15) is 46.5 Å². The minimum absolute atomic E-state index is 0.0132. The number of pyridine rings is 1. The second kappa shape index (κ2) is 11.7. The molecule has 7 heterocycles. The molecule has 1 amide bonds. The summed E-state index contributed by atoms with van der Waals surface area (Å²) in [5, 5.41) is 1.33. The Hall–Kier alpha value is -5.02. The van der Waals surface area contributed by atoms with E-state index >= 15 is 8.78 Å². The summed E-state index contributed by atoms with van der Waals surface area (Å²) in [6, 6.07) is 7.44. The van der Waals surface area contributed by atoms with Gasteiger partial charge in [0, 0.05) is 29.6 Å². The highest BCUT2D eigenvalue weighted by Crippen LogP contribution is 2.59. The van der Waals surface area contributed by atoms with Gasteiger partial charge in [0.2, 0.25) is 5.88 Å². The third-order valence-corrected chi connectivity index (χ3v) is 12.9. The lowest BCUT2D eigenvalue weighted by atomic mass is 9.94. The molecule has 1 spiro atoms. The van der Waals surface area contributed by atoms with Crippen LogP contribution in [0.3, 0.4) is 0 Å². The molecule has 2 aromatic heterocycles. The maximum Gasteiger partial charge on any atom is 0.410 e. The van der Waals surface area contributed by atoms with Gasteiger partial charge < -0.3 is 19.1 Å². The summed E-state index contributed by atoms with van der Waals surface area (Å²) in [7, 11) is 0. The molecule has 6 aliphatic rings. The molecule has 0 radical (unpaired) electrons. The first kappa shape index (κ1) is 34.5. The number of aromatic nitrogens is 3. The normalized spacial score (nSPS) is 27.5. The van der Waals surface area contributed by atoms with Crippen molar-refractivity contribution in [3.8, 4) is 35.5 Å². The molecule has 4 aromatic rings. The van der Waals surface area contributed by atoms with Crippen molar-refractivity contribution in [1.29, 1.82) is 0 Å². The van der Waals surface area contributed by atoms with Crippen molar-refractivity contribution in [3.63, 3.8) is 0 Å². The summed E-state index contributed by atoms with van der Waals surface area (Å²) >= 11 is 0. The van der Waals surface area contributed by atoms with Gasteiger partial charge in [0.15, 0.2) is 5.82 Å². The first-order valence-electron chi connectivity index (χ1n) is 19.4. The lowest BCUT2D eigenvalue weighted by Gasteiger charge is -2.48. The molecule has 55 heavy (non-hydrogen) atoms. The molecule has 10 nitrogen and oxygen atoms in total. The highest BCUT2D eigenvalue weighted by atomic mass is 19.1. The number of ether oxygens (including phenoxy) is 3. The van der Waals surface area contributed by atoms with E-state index in [1.807, 2.05) is 32.6 Å². The smallest absolute Gasteiger partial charge is 0.410 e. The monoisotopic (exact) mass is 746 g/mol. The van der Waals surface area contributed by atoms with Gasteiger partial charge in [-0.25, -0.2) is 18.6 Å². The molecular formula is C43H44F2N6O4. The van der Waals surface area contributed by atoms with Gasteiger partial charge in [-0.2, -0.15) is 9.97 Å². The Bertz CT molecular complexity index is 2390. The average Bonchev–Trinajstić information content (AvgIpc) is 3.70. The first-order chi connectivity index (χ1) is 26.3. The van der Waals surface area contributed by atoms with E-state index in [9.17, 15) is 4.79 Å². The largest absolute Gasteiger partial charge is 0.472 e. The molecule has 284 valence electrons. The van der Waals surface area contributed by atoms with Crippen LogP contribution in [-0.2, 0) is 4.74 Å². The maximum atomic E-state index is 17.5. The number of hydrogen-bond acceptors (Lipinski definition) is 9. The Balaban J connectivity index is 1.13. The Kier molecular flexibility index (Phi) is 7.36. The predicted octanol–water partition coefficient (Wildman–Crippen LogP) is 7.55. The molecule has 2 aromatic carbocycles. The molecule has 12 heteroatoms. The summed E-state index contributed by atoms with van der Waals surface area (Å²) in [4.78, 5) is 35.0. The van der Waals surface area contributed by atoms with E-state index in [0.29, 0.717) is 40.7 Å². The number of halogens is 2. The highest BCUT2D eigenvalue weighted by molar-refractivity contribution is 6.03. The fourth-order valence-corrected chi connectivity index (χ4v) is 10.5. The fraction of sp³-hybridized carbons (Fsp3) is 0.488. The number of carbonyl (C=O) groups is 1. The van der Waals surface area contributed by atoms with Crippen LogP contribution >= 0.6 is 0 Å². The number of rotatable bonds is 4. The number of benzene rings is 2. The van der Waals surface area contributed by atoms with E-state index < -0.39 is 23.3 Å². The highest BCUT2D eigenvalue weighted by Gasteiger charge is 2.63. The van der Waals surface area contributed by atoms with E-state index in [4.69, 9.17) is 35.6 Å². The van der Waals surface area contributed by atoms with Gasteiger partial charge in [-0.3, -0.25) is 9.80 Å². The minimum Gasteiger partial charge on any atom is -0.472 e. The third-order valence-electron chi connectivity index (χ3n) is 12.9. The Morgan fingerprint density at radius 3 is 2.65 bits per heavy atom. The molecule has 2 bridgehead atoms. The van der Waals surface area contributed by atoms with E-state index in [0.717, 1.165) is 38.6 Å². The summed E-state index contributed by atoms with van der Waals surface area (Å²) < 4.78 is 51.9. The number of carbonyl (C=O) groups excluding carboxylic acids is 1. The number of fused-ring (bicyclic) bond motifs is 8. The van der Waals surface area contributed by atoms with Gasteiger partial charge in [-0.1, -0.05) is 42.3 Å². The molecule has 1 aliphatic carbocycles. The number of hydrogen-bond donors (Lipinski definition) is 0. The lowest BCUT2D eigenvalue weighted by Crippen LogP contribution is -2.65. The lowest BCUT2D eigenvalue weighted by molar-refractivity contribution is 0.000937. The molecular weight excluding hydrogens is 703 g/mol. The van der Waals surface area contributed by atoms with Gasteiger partial charge >= 0.3 is 12.1 Å². The zero-order valence-corrected chi connectivity index (χ0v) is 31.6. The number of anilines is 1. The number of terminal acetylenes is 1. The van der Waals surface area contributed by atoms with Gasteiger partial charge in [0.05, 0.1) is 29.2 Å². The molecule has 1 saturated carbocycles. The third kappa shape index (κ3) is 5.14. The zero-order valence-electron chi connectivity index (χ0n) is 31.6. The summed E-state index contributed by atoms with van der Waals surface area (Å²) in [6.45, 7) is 13.5. The van der Waals surface area contributed by atoms with Crippen LogP contribution in [0.15, 0.2) is 42.5 Å². The Morgan fingerprint density at radius 1 is 1.09 bits per heavy atom. The molecule has 5 aliphatic heterocycles.